The van der Waals surface area contributed by atoms with Crippen LogP contribution in [0, 0.1) is 11.3 Å². The SMILES string of the molecule is CCCCc1nn(-c2ccccc2C#N)c2c1CCN2. The Hall–Kier alpha value is -2.28. The lowest BCUT2D eigenvalue weighted by molar-refractivity contribution is 0.744. The molecule has 0 amide bonds. The standard InChI is InChI=1S/C16H18N4/c1-2-3-7-14-13-9-10-18-16(13)20(19-14)15-8-5-4-6-12(15)11-17/h4-6,8,18H,2-3,7,9-10H2,1H3. The van der Waals surface area contributed by atoms with Gasteiger partial charge in [0, 0.05) is 12.1 Å². The fourth-order valence-corrected chi connectivity index (χ4v) is 2.72. The van der Waals surface area contributed by atoms with Gasteiger partial charge in [-0.2, -0.15) is 10.4 Å². The molecule has 4 nitrogen and oxygen atoms in total. The first-order valence-corrected chi connectivity index (χ1v) is 7.19. The number of nitrogens with zero attached hydrogens (tertiary/aromatic N) is 3. The van der Waals surface area contributed by atoms with E-state index in [0.717, 1.165) is 37.3 Å². The lowest BCUT2D eigenvalue weighted by Crippen LogP contribution is -2.06. The Balaban J connectivity index is 2.08. The Kier molecular flexibility index (Phi) is 3.42. The van der Waals surface area contributed by atoms with Crippen molar-refractivity contribution in [2.75, 3.05) is 11.9 Å². The van der Waals surface area contributed by atoms with Crippen molar-refractivity contribution in [1.29, 1.82) is 5.26 Å². The van der Waals surface area contributed by atoms with Gasteiger partial charge >= 0.3 is 0 Å². The first-order valence-electron chi connectivity index (χ1n) is 7.19. The van der Waals surface area contributed by atoms with Gasteiger partial charge in [-0.3, -0.25) is 0 Å². The van der Waals surface area contributed by atoms with Crippen LogP contribution in [-0.2, 0) is 12.8 Å². The van der Waals surface area contributed by atoms with E-state index >= 15 is 0 Å². The number of fused-ring (bicyclic) bond motifs is 1. The largest absolute Gasteiger partial charge is 0.369 e. The highest BCUT2D eigenvalue weighted by Crippen LogP contribution is 2.30. The van der Waals surface area contributed by atoms with E-state index in [2.05, 4.69) is 18.3 Å². The number of hydrogen-bond donors (Lipinski definition) is 1. The van der Waals surface area contributed by atoms with Crippen LogP contribution in [0.2, 0.25) is 0 Å². The summed E-state index contributed by atoms with van der Waals surface area (Å²) in [6.07, 6.45) is 4.37. The van der Waals surface area contributed by atoms with Crippen molar-refractivity contribution in [3.63, 3.8) is 0 Å². The van der Waals surface area contributed by atoms with Crippen molar-refractivity contribution in [2.45, 2.75) is 32.6 Å². The Morgan fingerprint density at radius 3 is 3.05 bits per heavy atom. The molecule has 2 heterocycles. The molecule has 3 rings (SSSR count). The lowest BCUT2D eigenvalue weighted by Gasteiger charge is -2.07. The van der Waals surface area contributed by atoms with Crippen molar-refractivity contribution in [2.24, 2.45) is 0 Å². The van der Waals surface area contributed by atoms with Gasteiger partial charge in [0.15, 0.2) is 0 Å². The number of nitriles is 1. The zero-order chi connectivity index (χ0) is 13.9. The summed E-state index contributed by atoms with van der Waals surface area (Å²) in [6.45, 7) is 3.15. The molecule has 1 N–H and O–H groups in total. The first-order chi connectivity index (χ1) is 9.85. The van der Waals surface area contributed by atoms with E-state index < -0.39 is 0 Å². The molecule has 1 aliphatic rings. The summed E-state index contributed by atoms with van der Waals surface area (Å²) in [5.74, 6) is 1.07. The minimum absolute atomic E-state index is 0.661. The van der Waals surface area contributed by atoms with Gasteiger partial charge in [0.1, 0.15) is 11.9 Å². The highest BCUT2D eigenvalue weighted by Gasteiger charge is 2.23. The molecule has 0 fully saturated rings. The molecule has 1 aromatic carbocycles. The van der Waals surface area contributed by atoms with E-state index in [0.29, 0.717) is 5.56 Å². The van der Waals surface area contributed by atoms with Crippen LogP contribution >= 0.6 is 0 Å². The number of rotatable bonds is 4. The molecule has 0 bridgehead atoms. The molecular weight excluding hydrogens is 248 g/mol. The summed E-state index contributed by atoms with van der Waals surface area (Å²) in [6, 6.07) is 9.88. The van der Waals surface area contributed by atoms with Crippen LogP contribution in [0.1, 0.15) is 36.6 Å². The van der Waals surface area contributed by atoms with E-state index in [1.54, 1.807) is 0 Å². The number of aromatic nitrogens is 2. The van der Waals surface area contributed by atoms with Crippen LogP contribution in [0.3, 0.4) is 0 Å². The average Bonchev–Trinajstić information content (AvgIpc) is 3.08. The number of para-hydroxylation sites is 1. The molecule has 0 radical (unpaired) electrons. The van der Waals surface area contributed by atoms with Crippen LogP contribution in [0.15, 0.2) is 24.3 Å². The molecule has 0 atom stereocenters. The molecular formula is C16H18N4. The van der Waals surface area contributed by atoms with Gasteiger partial charge in [-0.1, -0.05) is 25.5 Å². The van der Waals surface area contributed by atoms with Crippen molar-refractivity contribution in [3.8, 4) is 11.8 Å². The molecule has 0 unspecified atom stereocenters. The third kappa shape index (κ3) is 2.05. The quantitative estimate of drug-likeness (QED) is 0.925. The van der Waals surface area contributed by atoms with Crippen LogP contribution in [0.25, 0.3) is 5.69 Å². The Labute approximate surface area is 119 Å². The van der Waals surface area contributed by atoms with Crippen molar-refractivity contribution in [3.05, 3.63) is 41.1 Å². The van der Waals surface area contributed by atoms with E-state index in [-0.39, 0.29) is 0 Å². The van der Waals surface area contributed by atoms with E-state index in [9.17, 15) is 5.26 Å². The lowest BCUT2D eigenvalue weighted by atomic mass is 10.1. The first kappa shape index (κ1) is 12.7. The third-order valence-corrected chi connectivity index (χ3v) is 3.75. The molecule has 1 aliphatic heterocycles. The Bertz CT molecular complexity index is 664. The van der Waals surface area contributed by atoms with Crippen LogP contribution in [-0.4, -0.2) is 16.3 Å². The summed E-state index contributed by atoms with van der Waals surface area (Å²) in [7, 11) is 0. The van der Waals surface area contributed by atoms with Crippen molar-refractivity contribution >= 4 is 5.82 Å². The summed E-state index contributed by atoms with van der Waals surface area (Å²) < 4.78 is 1.91. The maximum atomic E-state index is 9.26. The van der Waals surface area contributed by atoms with Crippen LogP contribution in [0.5, 0.6) is 0 Å². The second-order valence-corrected chi connectivity index (χ2v) is 5.09. The van der Waals surface area contributed by atoms with Gasteiger partial charge < -0.3 is 5.32 Å². The average molecular weight is 266 g/mol. The summed E-state index contributed by atoms with van der Waals surface area (Å²) in [5, 5.41) is 17.4. The smallest absolute Gasteiger partial charge is 0.133 e. The topological polar surface area (TPSA) is 53.6 Å². The second-order valence-electron chi connectivity index (χ2n) is 5.09. The molecule has 0 saturated carbocycles. The summed E-state index contributed by atoms with van der Waals surface area (Å²) >= 11 is 0. The van der Waals surface area contributed by atoms with Crippen molar-refractivity contribution < 1.29 is 0 Å². The van der Waals surface area contributed by atoms with Gasteiger partial charge in [-0.25, -0.2) is 4.68 Å². The fraction of sp³-hybridized carbons (Fsp3) is 0.375. The maximum absolute atomic E-state index is 9.26. The molecule has 2 aromatic rings. The number of unbranched alkanes of at least 4 members (excludes halogenated alkanes) is 1. The number of benzene rings is 1. The molecule has 4 heteroatoms. The predicted octanol–water partition coefficient (Wildman–Crippen LogP) is 3.05. The zero-order valence-corrected chi connectivity index (χ0v) is 11.7. The highest BCUT2D eigenvalue weighted by atomic mass is 15.3. The monoisotopic (exact) mass is 266 g/mol. The fourth-order valence-electron chi connectivity index (χ4n) is 2.72. The maximum Gasteiger partial charge on any atom is 0.133 e. The summed E-state index contributed by atoms with van der Waals surface area (Å²) in [4.78, 5) is 0. The number of nitrogens with one attached hydrogen (secondary N) is 1. The minimum atomic E-state index is 0.661. The zero-order valence-electron chi connectivity index (χ0n) is 11.7. The van der Waals surface area contributed by atoms with E-state index in [1.807, 2.05) is 28.9 Å². The predicted molar refractivity (Wildman–Crippen MR) is 79.1 cm³/mol. The normalized spacial score (nSPS) is 12.8. The Morgan fingerprint density at radius 1 is 1.40 bits per heavy atom. The number of hydrogen-bond acceptors (Lipinski definition) is 3. The van der Waals surface area contributed by atoms with Gasteiger partial charge in [0.05, 0.1) is 16.9 Å². The number of aryl methyl sites for hydroxylation is 1. The highest BCUT2D eigenvalue weighted by molar-refractivity contribution is 5.60. The van der Waals surface area contributed by atoms with Gasteiger partial charge in [-0.15, -0.1) is 0 Å². The molecule has 102 valence electrons. The number of anilines is 1. The molecule has 0 aliphatic carbocycles. The van der Waals surface area contributed by atoms with E-state index in [1.165, 1.54) is 17.7 Å². The Morgan fingerprint density at radius 2 is 2.25 bits per heavy atom. The van der Waals surface area contributed by atoms with Crippen LogP contribution in [0.4, 0.5) is 5.82 Å². The van der Waals surface area contributed by atoms with Gasteiger partial charge in [0.25, 0.3) is 0 Å². The van der Waals surface area contributed by atoms with E-state index in [4.69, 9.17) is 5.10 Å². The van der Waals surface area contributed by atoms with Gasteiger partial charge in [0.2, 0.25) is 0 Å². The van der Waals surface area contributed by atoms with Gasteiger partial charge in [-0.05, 0) is 31.4 Å². The molecule has 20 heavy (non-hydrogen) atoms. The van der Waals surface area contributed by atoms with Crippen molar-refractivity contribution in [1.82, 2.24) is 9.78 Å². The second kappa shape index (κ2) is 5.38. The molecule has 1 aromatic heterocycles. The third-order valence-electron chi connectivity index (χ3n) is 3.75. The molecule has 0 saturated heterocycles. The summed E-state index contributed by atoms with van der Waals surface area (Å²) in [5.41, 5.74) is 4.03. The minimum Gasteiger partial charge on any atom is -0.369 e. The molecule has 0 spiro atoms. The van der Waals surface area contributed by atoms with Crippen LogP contribution < -0.4 is 5.32 Å².